The Morgan fingerprint density at radius 1 is 1.10 bits per heavy atom. The van der Waals surface area contributed by atoms with Crippen molar-refractivity contribution in [3.63, 3.8) is 0 Å². The van der Waals surface area contributed by atoms with Crippen LogP contribution in [0.25, 0.3) is 5.53 Å². The minimum atomic E-state index is -2.23. The van der Waals surface area contributed by atoms with Crippen LogP contribution in [0, 0.1) is 0 Å². The van der Waals surface area contributed by atoms with Crippen LogP contribution in [-0.2, 0) is 14.0 Å². The summed E-state index contributed by atoms with van der Waals surface area (Å²) in [6.07, 6.45) is 0. The van der Waals surface area contributed by atoms with Gasteiger partial charge < -0.3 is 14.7 Å². The second-order valence-electron chi connectivity index (χ2n) is 5.78. The van der Waals surface area contributed by atoms with Gasteiger partial charge in [-0.3, -0.25) is 0 Å². The molecule has 20 heavy (non-hydrogen) atoms. The topological polar surface area (TPSA) is 71.9 Å². The van der Waals surface area contributed by atoms with Gasteiger partial charge in [0, 0.05) is 0 Å². The normalized spacial score (nSPS) is 11.5. The van der Waals surface area contributed by atoms with Crippen molar-refractivity contribution < 1.29 is 18.7 Å². The van der Waals surface area contributed by atoms with E-state index in [0.29, 0.717) is 16.6 Å². The average Bonchev–Trinajstić information content (AvgIpc) is 2.34. The Labute approximate surface area is 122 Å². The molecule has 0 rings (SSSR count). The molecule has 0 bridgehead atoms. The van der Waals surface area contributed by atoms with Gasteiger partial charge in [-0.2, -0.15) is 4.79 Å². The van der Waals surface area contributed by atoms with Crippen LogP contribution in [0.5, 0.6) is 0 Å². The Bertz CT molecular complexity index is 402. The minimum Gasteiger partial charge on any atom is -0.538 e. The number of hydrogen-bond donors (Lipinski definition) is 0. The van der Waals surface area contributed by atoms with Crippen molar-refractivity contribution in [1.82, 2.24) is 0 Å². The lowest BCUT2D eigenvalue weighted by Gasteiger charge is -2.41. The number of hydrogen-bond acceptors (Lipinski definition) is 3. The highest BCUT2D eigenvalue weighted by atomic mass is 28.4. The van der Waals surface area contributed by atoms with Gasteiger partial charge in [-0.05, 0) is 23.2 Å². The molecule has 0 radical (unpaired) electrons. The van der Waals surface area contributed by atoms with Gasteiger partial charge in [-0.15, -0.1) is 0 Å². The molecule has 0 heterocycles. The maximum atomic E-state index is 11.5. The number of rotatable bonds is 7. The van der Waals surface area contributed by atoms with E-state index in [9.17, 15) is 4.79 Å². The zero-order valence-electron chi connectivity index (χ0n) is 13.6. The highest BCUT2D eigenvalue weighted by Crippen LogP contribution is 2.43. The lowest BCUT2D eigenvalue weighted by atomic mass is 10.3. The van der Waals surface area contributed by atoms with Crippen LogP contribution in [-0.4, -0.2) is 31.9 Å². The summed E-state index contributed by atoms with van der Waals surface area (Å²) in [6, 6.07) is 0. The number of esters is 1. The van der Waals surface area contributed by atoms with Crippen molar-refractivity contribution in [2.24, 2.45) is 0 Å². The number of nitrogens with zero attached hydrogens (tertiary/aromatic N) is 2. The predicted molar refractivity (Wildman–Crippen MR) is 81.9 cm³/mol. The summed E-state index contributed by atoms with van der Waals surface area (Å²) in [5, 5.41) is 0. The fraction of sp³-hybridized carbons (Fsp3) is 0.714. The van der Waals surface area contributed by atoms with Crippen molar-refractivity contribution >= 4 is 20.0 Å². The summed E-state index contributed by atoms with van der Waals surface area (Å²) >= 11 is 0. The van der Waals surface area contributed by atoms with Gasteiger partial charge in [0.1, 0.15) is 0 Å². The highest BCUT2D eigenvalue weighted by molar-refractivity contribution is 6.78. The summed E-state index contributed by atoms with van der Waals surface area (Å²) in [5.41, 5.74) is 9.69. The third kappa shape index (κ3) is 3.58. The Morgan fingerprint density at radius 2 is 1.50 bits per heavy atom. The molecule has 0 aromatic carbocycles. The van der Waals surface area contributed by atoms with Gasteiger partial charge in [0.2, 0.25) is 0 Å². The number of carbonyl (C=O) groups excluding carboxylic acids is 1. The van der Waals surface area contributed by atoms with Crippen molar-refractivity contribution in [3.8, 4) is 0 Å². The van der Waals surface area contributed by atoms with E-state index >= 15 is 0 Å². The molecule has 0 saturated carbocycles. The molecular weight excluding hydrogens is 272 g/mol. The van der Waals surface area contributed by atoms with Gasteiger partial charge in [-0.25, -0.2) is 4.79 Å². The van der Waals surface area contributed by atoms with Crippen LogP contribution in [0.2, 0.25) is 16.6 Å². The molecule has 0 N–H and O–H groups in total. The van der Waals surface area contributed by atoms with E-state index in [1.54, 1.807) is 0 Å². The van der Waals surface area contributed by atoms with Crippen molar-refractivity contribution in [2.75, 3.05) is 7.11 Å². The molecule has 6 heteroatoms. The molecule has 0 aromatic rings. The van der Waals surface area contributed by atoms with Gasteiger partial charge in [-0.1, -0.05) is 41.5 Å². The number of carbonyl (C=O) groups is 1. The van der Waals surface area contributed by atoms with Crippen LogP contribution in [0.1, 0.15) is 41.5 Å². The van der Waals surface area contributed by atoms with Crippen LogP contribution >= 0.6 is 0 Å². The Hall–Kier alpha value is -1.39. The second-order valence-corrected chi connectivity index (χ2v) is 11.2. The van der Waals surface area contributed by atoms with Crippen molar-refractivity contribution in [2.45, 2.75) is 58.2 Å². The maximum absolute atomic E-state index is 11.5. The second kappa shape index (κ2) is 7.41. The molecule has 114 valence electrons. The molecule has 0 spiro atoms. The van der Waals surface area contributed by atoms with E-state index in [-0.39, 0.29) is 11.5 Å². The van der Waals surface area contributed by atoms with Crippen LogP contribution in [0.4, 0.5) is 0 Å². The monoisotopic (exact) mass is 298 g/mol. The van der Waals surface area contributed by atoms with E-state index in [1.165, 1.54) is 7.11 Å². The Balaban J connectivity index is 5.55. The SMILES string of the molecule is C=C(O[Si](C(C)C)(C(C)C)C(C)C)C(=[N+]=[N-])C(=O)OC. The summed E-state index contributed by atoms with van der Waals surface area (Å²) in [5.74, 6) is -0.668. The van der Waals surface area contributed by atoms with Crippen molar-refractivity contribution in [1.29, 1.82) is 0 Å². The fourth-order valence-electron chi connectivity index (χ4n) is 2.92. The summed E-state index contributed by atoms with van der Waals surface area (Å²) < 4.78 is 10.7. The molecule has 0 aliphatic carbocycles. The number of methoxy groups -OCH3 is 1. The Kier molecular flexibility index (Phi) is 6.89. The zero-order valence-corrected chi connectivity index (χ0v) is 14.6. The van der Waals surface area contributed by atoms with Crippen LogP contribution < -0.4 is 0 Å². The zero-order chi connectivity index (χ0) is 16.1. The molecule has 0 aliphatic rings. The standard InChI is InChI=1S/C14H26N2O3Si/c1-9(2)20(10(3)4,11(5)6)19-12(7)13(16-15)14(17)18-8/h9-11H,7H2,1-6,8H3. The first kappa shape index (κ1) is 18.6. The highest BCUT2D eigenvalue weighted by Gasteiger charge is 2.48. The van der Waals surface area contributed by atoms with E-state index < -0.39 is 14.3 Å². The summed E-state index contributed by atoms with van der Waals surface area (Å²) in [7, 11) is -1.01. The average molecular weight is 298 g/mol. The number of ether oxygens (including phenoxy) is 1. The molecule has 0 amide bonds. The van der Waals surface area contributed by atoms with E-state index in [1.807, 2.05) is 0 Å². The molecule has 0 atom stereocenters. The van der Waals surface area contributed by atoms with E-state index in [4.69, 9.17) is 9.96 Å². The fourth-order valence-corrected chi connectivity index (χ4v) is 8.15. The van der Waals surface area contributed by atoms with Gasteiger partial charge >= 0.3 is 11.7 Å². The third-order valence-corrected chi connectivity index (χ3v) is 9.76. The Morgan fingerprint density at radius 3 is 1.75 bits per heavy atom. The van der Waals surface area contributed by atoms with E-state index in [2.05, 4.69) is 57.6 Å². The lowest BCUT2D eigenvalue weighted by Crippen LogP contribution is -2.48. The maximum Gasteiger partial charge on any atom is 0.438 e. The molecule has 0 unspecified atom stereocenters. The molecular formula is C14H26N2O3Si. The van der Waals surface area contributed by atoms with Gasteiger partial charge in [0.05, 0.1) is 7.11 Å². The lowest BCUT2D eigenvalue weighted by molar-refractivity contribution is -0.137. The predicted octanol–water partition coefficient (Wildman–Crippen LogP) is 3.54. The molecule has 5 nitrogen and oxygen atoms in total. The minimum absolute atomic E-state index is 0.0853. The van der Waals surface area contributed by atoms with Gasteiger partial charge in [0.15, 0.2) is 5.76 Å². The van der Waals surface area contributed by atoms with Crippen LogP contribution in [0.3, 0.4) is 0 Å². The van der Waals surface area contributed by atoms with Crippen molar-refractivity contribution in [3.05, 3.63) is 17.9 Å². The van der Waals surface area contributed by atoms with E-state index in [0.717, 1.165) is 0 Å². The molecule has 0 fully saturated rings. The van der Waals surface area contributed by atoms with Gasteiger partial charge in [0.25, 0.3) is 8.32 Å². The first-order valence-corrected chi connectivity index (χ1v) is 8.97. The molecule has 0 aromatic heterocycles. The quantitative estimate of drug-likeness (QED) is 0.180. The largest absolute Gasteiger partial charge is 0.538 e. The third-order valence-electron chi connectivity index (χ3n) is 3.75. The molecule has 0 aliphatic heterocycles. The summed E-state index contributed by atoms with van der Waals surface area (Å²) in [4.78, 5) is 14.5. The first-order chi connectivity index (χ1) is 9.14. The van der Waals surface area contributed by atoms with Crippen LogP contribution in [0.15, 0.2) is 12.3 Å². The first-order valence-electron chi connectivity index (χ1n) is 6.83. The molecule has 0 saturated heterocycles. The smallest absolute Gasteiger partial charge is 0.438 e. The summed E-state index contributed by atoms with van der Waals surface area (Å²) in [6.45, 7) is 16.5.